The first-order chi connectivity index (χ1) is 9.37. The van der Waals surface area contributed by atoms with E-state index >= 15 is 0 Å². The smallest absolute Gasteiger partial charge is 0.242 e. The van der Waals surface area contributed by atoms with Crippen molar-refractivity contribution in [3.63, 3.8) is 0 Å². The van der Waals surface area contributed by atoms with Crippen LogP contribution in [0.25, 0.3) is 0 Å². The molecule has 7 heteroatoms. The van der Waals surface area contributed by atoms with Crippen LogP contribution in [-0.2, 0) is 21.2 Å². The SMILES string of the molecule is CN(C)S(=O)(=O)c1ccc2c(c1)N(C(=O)CCN)CC2. The summed E-state index contributed by atoms with van der Waals surface area (Å²) >= 11 is 0. The molecule has 20 heavy (non-hydrogen) atoms. The van der Waals surface area contributed by atoms with Crippen LogP contribution >= 0.6 is 0 Å². The van der Waals surface area contributed by atoms with Crippen molar-refractivity contribution in [3.05, 3.63) is 23.8 Å². The van der Waals surface area contributed by atoms with Gasteiger partial charge < -0.3 is 10.6 Å². The Bertz CT molecular complexity index is 626. The van der Waals surface area contributed by atoms with Gasteiger partial charge in [-0.2, -0.15) is 0 Å². The van der Waals surface area contributed by atoms with E-state index in [2.05, 4.69) is 0 Å². The van der Waals surface area contributed by atoms with Crippen LogP contribution in [0.2, 0.25) is 0 Å². The lowest BCUT2D eigenvalue weighted by atomic mass is 10.2. The van der Waals surface area contributed by atoms with E-state index in [1.807, 2.05) is 0 Å². The van der Waals surface area contributed by atoms with Crippen molar-refractivity contribution in [1.82, 2.24) is 4.31 Å². The molecule has 0 saturated heterocycles. The van der Waals surface area contributed by atoms with Crippen molar-refractivity contribution in [1.29, 1.82) is 0 Å². The predicted molar refractivity (Wildman–Crippen MR) is 77.0 cm³/mol. The average Bonchev–Trinajstić information content (AvgIpc) is 2.81. The van der Waals surface area contributed by atoms with Gasteiger partial charge in [0.2, 0.25) is 15.9 Å². The summed E-state index contributed by atoms with van der Waals surface area (Å²) in [6.07, 6.45) is 1.01. The molecule has 0 aliphatic carbocycles. The van der Waals surface area contributed by atoms with Crippen LogP contribution in [0.3, 0.4) is 0 Å². The molecule has 6 nitrogen and oxygen atoms in total. The Morgan fingerprint density at radius 1 is 1.40 bits per heavy atom. The molecule has 1 aromatic rings. The van der Waals surface area contributed by atoms with Crippen molar-refractivity contribution in [2.45, 2.75) is 17.7 Å². The maximum Gasteiger partial charge on any atom is 0.242 e. The van der Waals surface area contributed by atoms with Gasteiger partial charge in [-0.05, 0) is 24.1 Å². The second-order valence-corrected chi connectivity index (χ2v) is 7.06. The van der Waals surface area contributed by atoms with Crippen LogP contribution in [0.1, 0.15) is 12.0 Å². The second-order valence-electron chi connectivity index (χ2n) is 4.91. The lowest BCUT2D eigenvalue weighted by Gasteiger charge is -2.18. The van der Waals surface area contributed by atoms with Crippen molar-refractivity contribution in [2.75, 3.05) is 32.1 Å². The third kappa shape index (κ3) is 2.56. The molecule has 1 aromatic carbocycles. The first-order valence-corrected chi connectivity index (χ1v) is 7.88. The van der Waals surface area contributed by atoms with Gasteiger partial charge in [0.1, 0.15) is 0 Å². The van der Waals surface area contributed by atoms with Gasteiger partial charge in [0, 0.05) is 39.3 Å². The van der Waals surface area contributed by atoms with E-state index < -0.39 is 10.0 Å². The quantitative estimate of drug-likeness (QED) is 0.859. The Labute approximate surface area is 119 Å². The van der Waals surface area contributed by atoms with Crippen molar-refractivity contribution in [2.24, 2.45) is 5.73 Å². The van der Waals surface area contributed by atoms with Crippen molar-refractivity contribution >= 4 is 21.6 Å². The maximum absolute atomic E-state index is 12.1. The zero-order valence-corrected chi connectivity index (χ0v) is 12.5. The van der Waals surface area contributed by atoms with Crippen LogP contribution in [0, 0.1) is 0 Å². The average molecular weight is 297 g/mol. The predicted octanol–water partition coefficient (Wildman–Crippen LogP) is 0.175. The van der Waals surface area contributed by atoms with Gasteiger partial charge >= 0.3 is 0 Å². The molecule has 2 rings (SSSR count). The molecule has 0 bridgehead atoms. The third-order valence-electron chi connectivity index (χ3n) is 3.39. The van der Waals surface area contributed by atoms with E-state index in [0.717, 1.165) is 16.3 Å². The number of amides is 1. The lowest BCUT2D eigenvalue weighted by molar-refractivity contribution is -0.118. The fourth-order valence-electron chi connectivity index (χ4n) is 2.25. The van der Waals surface area contributed by atoms with Crippen molar-refractivity contribution in [3.8, 4) is 0 Å². The minimum absolute atomic E-state index is 0.0642. The number of benzene rings is 1. The lowest BCUT2D eigenvalue weighted by Crippen LogP contribution is -2.30. The van der Waals surface area contributed by atoms with E-state index in [1.165, 1.54) is 14.1 Å². The summed E-state index contributed by atoms with van der Waals surface area (Å²) in [4.78, 5) is 13.8. The summed E-state index contributed by atoms with van der Waals surface area (Å²) in [5.74, 6) is -0.0642. The molecule has 2 N–H and O–H groups in total. The summed E-state index contributed by atoms with van der Waals surface area (Å²) < 4.78 is 25.4. The van der Waals surface area contributed by atoms with Gasteiger partial charge in [0.05, 0.1) is 4.90 Å². The van der Waals surface area contributed by atoms with Gasteiger partial charge in [-0.25, -0.2) is 12.7 Å². The molecule has 0 aromatic heterocycles. The number of fused-ring (bicyclic) bond motifs is 1. The third-order valence-corrected chi connectivity index (χ3v) is 5.20. The Morgan fingerprint density at radius 3 is 2.70 bits per heavy atom. The van der Waals surface area contributed by atoms with E-state index in [1.54, 1.807) is 23.1 Å². The number of nitrogens with zero attached hydrogens (tertiary/aromatic N) is 2. The molecule has 110 valence electrons. The van der Waals surface area contributed by atoms with Gasteiger partial charge in [0.15, 0.2) is 0 Å². The second kappa shape index (κ2) is 5.51. The highest BCUT2D eigenvalue weighted by molar-refractivity contribution is 7.89. The first kappa shape index (κ1) is 15.0. The van der Waals surface area contributed by atoms with E-state index in [9.17, 15) is 13.2 Å². The Hall–Kier alpha value is -1.44. The van der Waals surface area contributed by atoms with Crippen LogP contribution in [-0.4, -0.2) is 45.8 Å². The molecule has 0 saturated carbocycles. The highest BCUT2D eigenvalue weighted by Crippen LogP contribution is 2.31. The van der Waals surface area contributed by atoms with Gasteiger partial charge in [0.25, 0.3) is 0 Å². The highest BCUT2D eigenvalue weighted by atomic mass is 32.2. The number of hydrogen-bond donors (Lipinski definition) is 1. The van der Waals surface area contributed by atoms with E-state index in [4.69, 9.17) is 5.73 Å². The summed E-state index contributed by atoms with van der Waals surface area (Å²) in [7, 11) is -0.517. The van der Waals surface area contributed by atoms with Crippen molar-refractivity contribution < 1.29 is 13.2 Å². The van der Waals surface area contributed by atoms with Gasteiger partial charge in [-0.15, -0.1) is 0 Å². The maximum atomic E-state index is 12.1. The number of anilines is 1. The minimum Gasteiger partial charge on any atom is -0.330 e. The number of carbonyl (C=O) groups is 1. The van der Waals surface area contributed by atoms with Crippen LogP contribution < -0.4 is 10.6 Å². The summed E-state index contributed by atoms with van der Waals surface area (Å²) in [5.41, 5.74) is 7.09. The molecule has 0 unspecified atom stereocenters. The monoisotopic (exact) mass is 297 g/mol. The number of rotatable bonds is 4. The summed E-state index contributed by atoms with van der Waals surface area (Å²) in [6.45, 7) is 0.875. The summed E-state index contributed by atoms with van der Waals surface area (Å²) in [5, 5.41) is 0. The van der Waals surface area contributed by atoms with Crippen LogP contribution in [0.5, 0.6) is 0 Å². The van der Waals surface area contributed by atoms with Crippen LogP contribution in [0.15, 0.2) is 23.1 Å². The molecule has 0 atom stereocenters. The van der Waals surface area contributed by atoms with Crippen LogP contribution in [0.4, 0.5) is 5.69 Å². The normalized spacial score (nSPS) is 14.7. The molecule has 1 heterocycles. The Balaban J connectivity index is 2.41. The van der Waals surface area contributed by atoms with E-state index in [0.29, 0.717) is 18.8 Å². The fraction of sp³-hybridized carbons (Fsp3) is 0.462. The number of nitrogens with two attached hydrogens (primary N) is 1. The van der Waals surface area contributed by atoms with Gasteiger partial charge in [-0.3, -0.25) is 4.79 Å². The topological polar surface area (TPSA) is 83.7 Å². The minimum atomic E-state index is -3.49. The molecule has 1 aliphatic heterocycles. The largest absolute Gasteiger partial charge is 0.330 e. The number of sulfonamides is 1. The van der Waals surface area contributed by atoms with Gasteiger partial charge in [-0.1, -0.05) is 6.07 Å². The fourth-order valence-corrected chi connectivity index (χ4v) is 3.17. The Kier molecular flexibility index (Phi) is 4.12. The number of hydrogen-bond acceptors (Lipinski definition) is 4. The zero-order chi connectivity index (χ0) is 14.9. The standard InChI is InChI=1S/C13H19N3O3S/c1-15(2)20(18,19)11-4-3-10-6-8-16(12(10)9-11)13(17)5-7-14/h3-4,9H,5-8,14H2,1-2H3. The molecular formula is C13H19N3O3S. The Morgan fingerprint density at radius 2 is 2.10 bits per heavy atom. The summed E-state index contributed by atoms with van der Waals surface area (Å²) in [6, 6.07) is 4.94. The molecular weight excluding hydrogens is 278 g/mol. The molecule has 0 spiro atoms. The molecule has 1 amide bonds. The van der Waals surface area contributed by atoms with E-state index in [-0.39, 0.29) is 17.2 Å². The first-order valence-electron chi connectivity index (χ1n) is 6.44. The number of carbonyl (C=O) groups excluding carboxylic acids is 1. The molecule has 0 radical (unpaired) electrons. The highest BCUT2D eigenvalue weighted by Gasteiger charge is 2.27. The molecule has 1 aliphatic rings. The molecule has 0 fully saturated rings. The zero-order valence-electron chi connectivity index (χ0n) is 11.7.